The molecule has 2 atom stereocenters. The molecule has 0 aliphatic rings. The molecule has 0 radical (unpaired) electrons. The van der Waals surface area contributed by atoms with Gasteiger partial charge in [0.25, 0.3) is 11.9 Å². The van der Waals surface area contributed by atoms with Crippen LogP contribution in [0, 0.1) is 0 Å². The highest BCUT2D eigenvalue weighted by molar-refractivity contribution is 5.69. The number of carboxylic acid groups (broad SMARTS) is 2. The van der Waals surface area contributed by atoms with Gasteiger partial charge in [0.2, 0.25) is 0 Å². The molecule has 8 nitrogen and oxygen atoms in total. The highest BCUT2D eigenvalue weighted by atomic mass is 16.5. The number of carbonyl (C=O) groups is 3. The molecule has 1 aromatic carbocycles. The molecule has 202 valence electrons. The third kappa shape index (κ3) is 27.7. The monoisotopic (exact) mass is 498 g/mol. The lowest BCUT2D eigenvalue weighted by Crippen LogP contribution is -2.25. The number of rotatable bonds is 15. The smallest absolute Gasteiger partial charge is 0.308 e. The van der Waals surface area contributed by atoms with Gasteiger partial charge in [0.1, 0.15) is 5.75 Å². The summed E-state index contributed by atoms with van der Waals surface area (Å²) in [5.41, 5.74) is 1.19. The van der Waals surface area contributed by atoms with E-state index in [0.717, 1.165) is 65.2 Å². The maximum absolute atomic E-state index is 11.0. The Bertz CT molecular complexity index is 670. The highest BCUT2D eigenvalue weighted by Crippen LogP contribution is 2.17. The molecule has 1 aromatic rings. The van der Waals surface area contributed by atoms with Crippen molar-refractivity contribution < 1.29 is 39.5 Å². The number of aliphatic hydroxyl groups excluding tert-OH is 2. The molecule has 0 heterocycles. The maximum atomic E-state index is 11.0. The van der Waals surface area contributed by atoms with Crippen molar-refractivity contribution in [2.24, 2.45) is 0 Å². The van der Waals surface area contributed by atoms with Crippen LogP contribution < -0.4 is 4.74 Å². The molecule has 0 fully saturated rings. The van der Waals surface area contributed by atoms with E-state index >= 15 is 0 Å². The van der Waals surface area contributed by atoms with E-state index in [1.807, 2.05) is 12.1 Å². The third-order valence-corrected chi connectivity index (χ3v) is 4.92. The van der Waals surface area contributed by atoms with Crippen LogP contribution in [0.3, 0.4) is 0 Å². The first kappa shape index (κ1) is 34.7. The van der Waals surface area contributed by atoms with E-state index in [4.69, 9.17) is 24.5 Å². The van der Waals surface area contributed by atoms with Gasteiger partial charge in [0.15, 0.2) is 0 Å². The van der Waals surface area contributed by atoms with Crippen LogP contribution in [-0.2, 0) is 20.8 Å². The molecule has 0 aliphatic heterocycles. The highest BCUT2D eigenvalue weighted by Gasteiger charge is 2.15. The first-order valence-electron chi connectivity index (χ1n) is 12.5. The Balaban J connectivity index is 0. The van der Waals surface area contributed by atoms with E-state index in [1.54, 1.807) is 6.07 Å². The van der Waals surface area contributed by atoms with E-state index < -0.39 is 24.1 Å². The minimum absolute atomic E-state index is 0.291. The van der Waals surface area contributed by atoms with Gasteiger partial charge in [-0.2, -0.15) is 0 Å². The third-order valence-electron chi connectivity index (χ3n) is 4.92. The molecule has 35 heavy (non-hydrogen) atoms. The molecule has 2 unspecified atom stereocenters. The molecule has 0 aliphatic carbocycles. The summed E-state index contributed by atoms with van der Waals surface area (Å²) >= 11 is 0. The zero-order valence-electron chi connectivity index (χ0n) is 21.9. The SMILES string of the molecule is CC(=O)O.CC(=O)O.CCCCCCC(O)C(O)CCCCCCCc1cccc(OC(C)=O)c1. The van der Waals surface area contributed by atoms with Gasteiger partial charge in [0, 0.05) is 20.8 Å². The van der Waals surface area contributed by atoms with E-state index in [9.17, 15) is 15.0 Å². The molecule has 8 heteroatoms. The standard InChI is InChI=1S/C23H38O4.2C2H4O2/c1-3-4-5-10-16-22(25)23(26)17-11-8-6-7-9-13-20-14-12-15-21(18-20)27-19(2)24;2*1-2(3)4/h12,14-15,18,22-23,25-26H,3-11,13,16-17H2,1-2H3;2*1H3,(H,3,4). The van der Waals surface area contributed by atoms with Gasteiger partial charge < -0.3 is 25.2 Å². The van der Waals surface area contributed by atoms with Crippen LogP contribution in [0.25, 0.3) is 0 Å². The molecule has 0 bridgehead atoms. The minimum atomic E-state index is -0.833. The summed E-state index contributed by atoms with van der Waals surface area (Å²) < 4.78 is 5.11. The number of aryl methyl sites for hydroxylation is 1. The molecule has 0 amide bonds. The van der Waals surface area contributed by atoms with Gasteiger partial charge in [-0.25, -0.2) is 0 Å². The number of esters is 1. The predicted octanol–water partition coefficient (Wildman–Crippen LogP) is 5.37. The van der Waals surface area contributed by atoms with Gasteiger partial charge in [-0.05, 0) is 43.4 Å². The number of aliphatic hydroxyl groups is 2. The summed E-state index contributed by atoms with van der Waals surface area (Å²) in [6.07, 6.45) is 11.2. The molecule has 0 saturated heterocycles. The van der Waals surface area contributed by atoms with Gasteiger partial charge in [-0.15, -0.1) is 0 Å². The second-order valence-corrected chi connectivity index (χ2v) is 8.57. The number of aliphatic carboxylic acids is 2. The van der Waals surface area contributed by atoms with Crippen molar-refractivity contribution in [2.75, 3.05) is 0 Å². The molecular formula is C27H46O8. The molecule has 1 rings (SSSR count). The fraction of sp³-hybridized carbons (Fsp3) is 0.667. The normalized spacial score (nSPS) is 11.7. The number of unbranched alkanes of at least 4 members (excludes halogenated alkanes) is 7. The average molecular weight is 499 g/mol. The van der Waals surface area contributed by atoms with Gasteiger partial charge in [0.05, 0.1) is 12.2 Å². The Morgan fingerprint density at radius 2 is 1.23 bits per heavy atom. The predicted molar refractivity (Wildman–Crippen MR) is 137 cm³/mol. The largest absolute Gasteiger partial charge is 0.481 e. The number of carboxylic acids is 2. The molecule has 4 N–H and O–H groups in total. The van der Waals surface area contributed by atoms with Crippen molar-refractivity contribution >= 4 is 17.9 Å². The number of hydrogen-bond acceptors (Lipinski definition) is 6. The van der Waals surface area contributed by atoms with Gasteiger partial charge in [-0.1, -0.05) is 70.4 Å². The summed E-state index contributed by atoms with van der Waals surface area (Å²) in [6.45, 7) is 5.75. The second kappa shape index (κ2) is 23.3. The summed E-state index contributed by atoms with van der Waals surface area (Å²) in [5.74, 6) is -1.34. The molecule has 0 aromatic heterocycles. The van der Waals surface area contributed by atoms with E-state index in [2.05, 4.69) is 13.0 Å². The summed E-state index contributed by atoms with van der Waals surface area (Å²) in [5, 5.41) is 34.8. The summed E-state index contributed by atoms with van der Waals surface area (Å²) in [4.78, 5) is 29.0. The number of carbonyl (C=O) groups excluding carboxylic acids is 1. The van der Waals surface area contributed by atoms with Gasteiger partial charge in [-0.3, -0.25) is 14.4 Å². The van der Waals surface area contributed by atoms with Crippen molar-refractivity contribution in [3.05, 3.63) is 29.8 Å². The first-order valence-corrected chi connectivity index (χ1v) is 12.5. The van der Waals surface area contributed by atoms with E-state index in [-0.39, 0.29) is 5.97 Å². The van der Waals surface area contributed by atoms with Crippen LogP contribution >= 0.6 is 0 Å². The van der Waals surface area contributed by atoms with Crippen molar-refractivity contribution in [2.45, 2.75) is 117 Å². The van der Waals surface area contributed by atoms with Crippen molar-refractivity contribution in [3.8, 4) is 5.75 Å². The first-order chi connectivity index (χ1) is 16.5. The minimum Gasteiger partial charge on any atom is -0.481 e. The van der Waals surface area contributed by atoms with Crippen molar-refractivity contribution in [1.82, 2.24) is 0 Å². The number of hydrogen-bond donors (Lipinski definition) is 4. The quantitative estimate of drug-likeness (QED) is 0.144. The van der Waals surface area contributed by atoms with E-state index in [1.165, 1.54) is 25.3 Å². The fourth-order valence-corrected chi connectivity index (χ4v) is 3.31. The zero-order valence-corrected chi connectivity index (χ0v) is 21.9. The van der Waals surface area contributed by atoms with Crippen LogP contribution in [0.5, 0.6) is 5.75 Å². The Morgan fingerprint density at radius 3 is 1.71 bits per heavy atom. The van der Waals surface area contributed by atoms with Crippen molar-refractivity contribution in [3.63, 3.8) is 0 Å². The van der Waals surface area contributed by atoms with Crippen LogP contribution in [0.15, 0.2) is 24.3 Å². The Morgan fingerprint density at radius 1 is 0.771 bits per heavy atom. The van der Waals surface area contributed by atoms with E-state index in [0.29, 0.717) is 18.6 Å². The Hall–Kier alpha value is -2.45. The summed E-state index contributed by atoms with van der Waals surface area (Å²) in [6, 6.07) is 7.71. The van der Waals surface area contributed by atoms with Gasteiger partial charge >= 0.3 is 5.97 Å². The molecule has 0 saturated carbocycles. The van der Waals surface area contributed by atoms with Crippen molar-refractivity contribution in [1.29, 1.82) is 0 Å². The number of benzene rings is 1. The lowest BCUT2D eigenvalue weighted by molar-refractivity contribution is -0.135. The lowest BCUT2D eigenvalue weighted by Gasteiger charge is -2.17. The fourth-order valence-electron chi connectivity index (χ4n) is 3.31. The van der Waals surface area contributed by atoms with Crippen LogP contribution in [-0.4, -0.2) is 50.5 Å². The Kier molecular flexibility index (Phi) is 23.1. The van der Waals surface area contributed by atoms with Crippen LogP contribution in [0.4, 0.5) is 0 Å². The maximum Gasteiger partial charge on any atom is 0.308 e. The van der Waals surface area contributed by atoms with Crippen LogP contribution in [0.2, 0.25) is 0 Å². The lowest BCUT2D eigenvalue weighted by atomic mass is 9.99. The molecule has 0 spiro atoms. The Labute approximate surface area is 210 Å². The summed E-state index contributed by atoms with van der Waals surface area (Å²) in [7, 11) is 0. The number of ether oxygens (including phenoxy) is 1. The topological polar surface area (TPSA) is 141 Å². The second-order valence-electron chi connectivity index (χ2n) is 8.57. The van der Waals surface area contributed by atoms with Crippen LogP contribution in [0.1, 0.15) is 104 Å². The average Bonchev–Trinajstić information content (AvgIpc) is 2.75. The zero-order chi connectivity index (χ0) is 27.1. The molecular weight excluding hydrogens is 452 g/mol.